The van der Waals surface area contributed by atoms with Crippen LogP contribution in [0, 0.1) is 0 Å². The monoisotopic (exact) mass is 247 g/mol. The number of ether oxygens (including phenoxy) is 2. The van der Waals surface area contributed by atoms with Gasteiger partial charge in [-0.05, 0) is 18.7 Å². The molecular formula is C13H17N3O2. The molecule has 1 heterocycles. The maximum Gasteiger partial charge on any atom is 0.132 e. The minimum Gasteiger partial charge on any atom is -0.497 e. The Morgan fingerprint density at radius 2 is 2.11 bits per heavy atom. The smallest absolute Gasteiger partial charge is 0.132 e. The Kier molecular flexibility index (Phi) is 3.84. The molecular weight excluding hydrogens is 230 g/mol. The summed E-state index contributed by atoms with van der Waals surface area (Å²) in [6.07, 6.45) is 2.43. The topological polar surface area (TPSA) is 73.2 Å². The van der Waals surface area contributed by atoms with Gasteiger partial charge in [-0.25, -0.2) is 4.98 Å². The molecule has 5 heteroatoms. The number of rotatable bonds is 5. The number of nitrogens with two attached hydrogens (primary N) is 1. The van der Waals surface area contributed by atoms with Crippen molar-refractivity contribution in [3.8, 4) is 22.8 Å². The van der Waals surface area contributed by atoms with Crippen molar-refractivity contribution in [3.05, 3.63) is 30.2 Å². The summed E-state index contributed by atoms with van der Waals surface area (Å²) in [6.45, 7) is 0.577. The largest absolute Gasteiger partial charge is 0.497 e. The predicted molar refractivity (Wildman–Crippen MR) is 69.9 cm³/mol. The molecule has 1 aromatic heterocycles. The first kappa shape index (κ1) is 12.4. The molecule has 18 heavy (non-hydrogen) atoms. The Labute approximate surface area is 106 Å². The van der Waals surface area contributed by atoms with Gasteiger partial charge < -0.3 is 20.2 Å². The third-order valence-corrected chi connectivity index (χ3v) is 2.78. The average molecular weight is 247 g/mol. The van der Waals surface area contributed by atoms with Gasteiger partial charge >= 0.3 is 0 Å². The van der Waals surface area contributed by atoms with Gasteiger partial charge in [0.15, 0.2) is 0 Å². The lowest BCUT2D eigenvalue weighted by Crippen LogP contribution is -2.04. The fourth-order valence-corrected chi connectivity index (χ4v) is 1.88. The van der Waals surface area contributed by atoms with Gasteiger partial charge in [-0.3, -0.25) is 0 Å². The van der Waals surface area contributed by atoms with Crippen molar-refractivity contribution in [2.75, 3.05) is 20.8 Å². The molecule has 5 nitrogen and oxygen atoms in total. The fraction of sp³-hybridized carbons (Fsp3) is 0.308. The van der Waals surface area contributed by atoms with Crippen LogP contribution in [-0.4, -0.2) is 30.7 Å². The van der Waals surface area contributed by atoms with E-state index < -0.39 is 0 Å². The van der Waals surface area contributed by atoms with Crippen LogP contribution in [-0.2, 0) is 6.42 Å². The van der Waals surface area contributed by atoms with E-state index in [9.17, 15) is 0 Å². The molecule has 2 rings (SSSR count). The van der Waals surface area contributed by atoms with Gasteiger partial charge in [0.1, 0.15) is 11.5 Å². The summed E-state index contributed by atoms with van der Waals surface area (Å²) >= 11 is 0. The first-order chi connectivity index (χ1) is 8.80. The first-order valence-corrected chi connectivity index (χ1v) is 5.75. The summed E-state index contributed by atoms with van der Waals surface area (Å²) in [4.78, 5) is 7.44. The van der Waals surface area contributed by atoms with Crippen molar-refractivity contribution in [2.45, 2.75) is 6.42 Å². The van der Waals surface area contributed by atoms with Crippen molar-refractivity contribution in [2.24, 2.45) is 5.73 Å². The van der Waals surface area contributed by atoms with E-state index in [1.165, 1.54) is 0 Å². The number of hydrogen-bond donors (Lipinski definition) is 2. The fourth-order valence-electron chi connectivity index (χ4n) is 1.88. The molecule has 96 valence electrons. The molecule has 2 aromatic rings. The van der Waals surface area contributed by atoms with Crippen molar-refractivity contribution in [1.82, 2.24) is 9.97 Å². The zero-order valence-corrected chi connectivity index (χ0v) is 10.6. The lowest BCUT2D eigenvalue weighted by molar-refractivity contribution is 0.395. The number of hydrogen-bond acceptors (Lipinski definition) is 4. The van der Waals surface area contributed by atoms with Crippen LogP contribution in [0.3, 0.4) is 0 Å². The van der Waals surface area contributed by atoms with E-state index in [2.05, 4.69) is 9.97 Å². The Balaban J connectivity index is 2.46. The lowest BCUT2D eigenvalue weighted by Gasteiger charge is -2.10. The van der Waals surface area contributed by atoms with E-state index in [4.69, 9.17) is 15.2 Å². The third kappa shape index (κ3) is 2.31. The van der Waals surface area contributed by atoms with Gasteiger partial charge in [-0.2, -0.15) is 0 Å². The van der Waals surface area contributed by atoms with Gasteiger partial charge in [-0.15, -0.1) is 0 Å². The Bertz CT molecular complexity index is 523. The van der Waals surface area contributed by atoms with Gasteiger partial charge in [0.25, 0.3) is 0 Å². The maximum atomic E-state index is 5.58. The number of nitrogens with one attached hydrogen (secondary N) is 1. The van der Waals surface area contributed by atoms with Crippen LogP contribution in [0.15, 0.2) is 24.5 Å². The zero-order chi connectivity index (χ0) is 13.0. The standard InChI is InChI=1S/C13H17N3O2/c1-17-9-3-4-10(12(7-9)18-2)13-11(5-6-14)15-8-16-13/h3-4,7-8H,5-6,14H2,1-2H3,(H,15,16). The molecule has 0 aliphatic carbocycles. The second kappa shape index (κ2) is 5.55. The van der Waals surface area contributed by atoms with E-state index in [1.54, 1.807) is 20.5 Å². The summed E-state index contributed by atoms with van der Waals surface area (Å²) in [5, 5.41) is 0. The number of H-pyrrole nitrogens is 1. The Morgan fingerprint density at radius 3 is 2.78 bits per heavy atom. The number of methoxy groups -OCH3 is 2. The highest BCUT2D eigenvalue weighted by Gasteiger charge is 2.13. The SMILES string of the molecule is COc1ccc(-c2nc[nH]c2CCN)c(OC)c1. The van der Waals surface area contributed by atoms with Crippen LogP contribution in [0.4, 0.5) is 0 Å². The molecule has 0 unspecified atom stereocenters. The van der Waals surface area contributed by atoms with Crippen LogP contribution >= 0.6 is 0 Å². The molecule has 0 amide bonds. The van der Waals surface area contributed by atoms with E-state index >= 15 is 0 Å². The number of aromatic amines is 1. The van der Waals surface area contributed by atoms with E-state index in [0.29, 0.717) is 6.54 Å². The summed E-state index contributed by atoms with van der Waals surface area (Å²) in [7, 11) is 3.26. The Hall–Kier alpha value is -2.01. The third-order valence-electron chi connectivity index (χ3n) is 2.78. The van der Waals surface area contributed by atoms with Gasteiger partial charge in [-0.1, -0.05) is 0 Å². The van der Waals surface area contributed by atoms with Crippen LogP contribution in [0.25, 0.3) is 11.3 Å². The molecule has 0 radical (unpaired) electrons. The zero-order valence-electron chi connectivity index (χ0n) is 10.6. The van der Waals surface area contributed by atoms with Crippen LogP contribution in [0.5, 0.6) is 11.5 Å². The van der Waals surface area contributed by atoms with Crippen molar-refractivity contribution < 1.29 is 9.47 Å². The Morgan fingerprint density at radius 1 is 1.28 bits per heavy atom. The molecule has 0 aliphatic heterocycles. The van der Waals surface area contributed by atoms with Gasteiger partial charge in [0.05, 0.1) is 26.2 Å². The summed E-state index contributed by atoms with van der Waals surface area (Å²) in [5.74, 6) is 1.49. The maximum absolute atomic E-state index is 5.58. The van der Waals surface area contributed by atoms with Crippen molar-refractivity contribution in [1.29, 1.82) is 0 Å². The van der Waals surface area contributed by atoms with Crippen LogP contribution < -0.4 is 15.2 Å². The normalized spacial score (nSPS) is 10.4. The predicted octanol–water partition coefficient (Wildman–Crippen LogP) is 1.60. The second-order valence-corrected chi connectivity index (χ2v) is 3.83. The van der Waals surface area contributed by atoms with Gasteiger partial charge in [0, 0.05) is 23.7 Å². The molecule has 0 fully saturated rings. The summed E-state index contributed by atoms with van der Waals surface area (Å²) in [5.41, 5.74) is 8.41. The molecule has 0 saturated heterocycles. The van der Waals surface area contributed by atoms with Crippen molar-refractivity contribution >= 4 is 0 Å². The molecule has 0 atom stereocenters. The highest BCUT2D eigenvalue weighted by molar-refractivity contribution is 5.70. The minimum atomic E-state index is 0.577. The quantitative estimate of drug-likeness (QED) is 0.841. The number of imidazole rings is 1. The molecule has 0 bridgehead atoms. The summed E-state index contributed by atoms with van der Waals surface area (Å²) in [6, 6.07) is 5.67. The van der Waals surface area contributed by atoms with Crippen LogP contribution in [0.1, 0.15) is 5.69 Å². The van der Waals surface area contributed by atoms with Crippen LogP contribution in [0.2, 0.25) is 0 Å². The number of aromatic nitrogens is 2. The highest BCUT2D eigenvalue weighted by atomic mass is 16.5. The van der Waals surface area contributed by atoms with Crippen molar-refractivity contribution in [3.63, 3.8) is 0 Å². The summed E-state index contributed by atoms with van der Waals surface area (Å²) < 4.78 is 10.6. The molecule has 0 spiro atoms. The van der Waals surface area contributed by atoms with E-state index in [-0.39, 0.29) is 0 Å². The molecule has 3 N–H and O–H groups in total. The average Bonchev–Trinajstić information content (AvgIpc) is 2.86. The molecule has 1 aromatic carbocycles. The van der Waals surface area contributed by atoms with E-state index in [1.807, 2.05) is 18.2 Å². The highest BCUT2D eigenvalue weighted by Crippen LogP contribution is 2.33. The molecule has 0 saturated carbocycles. The van der Waals surface area contributed by atoms with Gasteiger partial charge in [0.2, 0.25) is 0 Å². The lowest BCUT2D eigenvalue weighted by atomic mass is 10.1. The number of nitrogens with zero attached hydrogens (tertiary/aromatic N) is 1. The first-order valence-electron chi connectivity index (χ1n) is 5.75. The second-order valence-electron chi connectivity index (χ2n) is 3.83. The van der Waals surface area contributed by atoms with E-state index in [0.717, 1.165) is 34.9 Å². The number of benzene rings is 1. The molecule has 0 aliphatic rings. The minimum absolute atomic E-state index is 0.577.